The van der Waals surface area contributed by atoms with E-state index in [-0.39, 0.29) is 5.92 Å². The average molecular weight is 236 g/mol. The number of hydrogen-bond acceptors (Lipinski definition) is 4. The lowest BCUT2D eigenvalue weighted by molar-refractivity contribution is -0.141. The molecule has 0 saturated carbocycles. The maximum Gasteiger partial charge on any atom is 0.314 e. The molecule has 0 aromatic carbocycles. The van der Waals surface area contributed by atoms with Crippen LogP contribution in [0.4, 0.5) is 0 Å². The van der Waals surface area contributed by atoms with Gasteiger partial charge in [-0.15, -0.1) is 0 Å². The molecular weight excluding hydrogens is 220 g/mol. The summed E-state index contributed by atoms with van der Waals surface area (Å²) < 4.78 is 0. The Labute approximate surface area is 99.7 Å². The molecule has 17 heavy (non-hydrogen) atoms. The van der Waals surface area contributed by atoms with Crippen molar-refractivity contribution in [3.63, 3.8) is 0 Å². The summed E-state index contributed by atoms with van der Waals surface area (Å²) in [4.78, 5) is 27.0. The zero-order valence-electron chi connectivity index (χ0n) is 9.67. The molecular formula is C12H16N2O3. The van der Waals surface area contributed by atoms with Gasteiger partial charge in [0.1, 0.15) is 5.92 Å². The predicted molar refractivity (Wildman–Crippen MR) is 62.5 cm³/mol. The molecule has 1 rings (SSSR count). The first-order chi connectivity index (χ1) is 8.07. The van der Waals surface area contributed by atoms with Gasteiger partial charge in [0.05, 0.1) is 0 Å². The summed E-state index contributed by atoms with van der Waals surface area (Å²) in [6.45, 7) is 2.09. The number of nitrogens with two attached hydrogens (primary N) is 1. The molecule has 2 unspecified atom stereocenters. The molecule has 1 aromatic rings. The Kier molecular flexibility index (Phi) is 4.78. The summed E-state index contributed by atoms with van der Waals surface area (Å²) in [5, 5.41) is 9.12. The highest BCUT2D eigenvalue weighted by atomic mass is 16.4. The molecule has 0 aliphatic heterocycles. The third kappa shape index (κ3) is 3.35. The SMILES string of the molecule is CC(CCN)C(C(=O)O)C(=O)c1cccnc1. The molecule has 2 atom stereocenters. The fraction of sp³-hybridized carbons (Fsp3) is 0.417. The number of Topliss-reactive ketones (excluding diaryl/α,β-unsaturated/α-hetero) is 1. The minimum Gasteiger partial charge on any atom is -0.481 e. The van der Waals surface area contributed by atoms with Gasteiger partial charge in [0.25, 0.3) is 0 Å². The van der Waals surface area contributed by atoms with Gasteiger partial charge in [-0.25, -0.2) is 0 Å². The van der Waals surface area contributed by atoms with Gasteiger partial charge in [0.15, 0.2) is 5.78 Å². The molecule has 0 spiro atoms. The van der Waals surface area contributed by atoms with Crippen LogP contribution in [0.25, 0.3) is 0 Å². The number of pyridine rings is 1. The van der Waals surface area contributed by atoms with Crippen LogP contribution in [0.2, 0.25) is 0 Å². The zero-order valence-corrected chi connectivity index (χ0v) is 9.67. The number of nitrogens with zero attached hydrogens (tertiary/aromatic N) is 1. The van der Waals surface area contributed by atoms with Crippen molar-refractivity contribution < 1.29 is 14.7 Å². The van der Waals surface area contributed by atoms with Gasteiger partial charge >= 0.3 is 5.97 Å². The second-order valence-corrected chi connectivity index (χ2v) is 3.98. The lowest BCUT2D eigenvalue weighted by atomic mass is 9.85. The molecule has 0 aliphatic rings. The van der Waals surface area contributed by atoms with Crippen molar-refractivity contribution in [3.05, 3.63) is 30.1 Å². The molecule has 1 aromatic heterocycles. The Morgan fingerprint density at radius 2 is 2.24 bits per heavy atom. The van der Waals surface area contributed by atoms with Crippen molar-refractivity contribution in [3.8, 4) is 0 Å². The molecule has 5 heteroatoms. The monoisotopic (exact) mass is 236 g/mol. The van der Waals surface area contributed by atoms with E-state index in [9.17, 15) is 9.59 Å². The van der Waals surface area contributed by atoms with Gasteiger partial charge in [0, 0.05) is 18.0 Å². The average Bonchev–Trinajstić information content (AvgIpc) is 2.30. The van der Waals surface area contributed by atoms with E-state index in [0.29, 0.717) is 18.5 Å². The molecule has 0 amide bonds. The van der Waals surface area contributed by atoms with Crippen LogP contribution in [0.5, 0.6) is 0 Å². The van der Waals surface area contributed by atoms with Crippen LogP contribution < -0.4 is 5.73 Å². The van der Waals surface area contributed by atoms with E-state index < -0.39 is 17.7 Å². The number of rotatable bonds is 6. The third-order valence-corrected chi connectivity index (χ3v) is 2.69. The number of carboxylic acid groups (broad SMARTS) is 1. The normalized spacial score (nSPS) is 14.0. The van der Waals surface area contributed by atoms with E-state index >= 15 is 0 Å². The van der Waals surface area contributed by atoms with Crippen LogP contribution in [-0.4, -0.2) is 28.4 Å². The van der Waals surface area contributed by atoms with Crippen LogP contribution in [0, 0.1) is 11.8 Å². The number of carboxylic acids is 1. The van der Waals surface area contributed by atoms with Crippen molar-refractivity contribution in [2.45, 2.75) is 13.3 Å². The Morgan fingerprint density at radius 3 is 2.71 bits per heavy atom. The summed E-state index contributed by atoms with van der Waals surface area (Å²) in [6.07, 6.45) is 3.42. The van der Waals surface area contributed by atoms with Crippen molar-refractivity contribution in [2.75, 3.05) is 6.54 Å². The van der Waals surface area contributed by atoms with Crippen LogP contribution in [0.15, 0.2) is 24.5 Å². The number of hydrogen-bond donors (Lipinski definition) is 2. The van der Waals surface area contributed by atoms with Gasteiger partial charge in [0.2, 0.25) is 0 Å². The van der Waals surface area contributed by atoms with Crippen LogP contribution in [-0.2, 0) is 4.79 Å². The Bertz CT molecular complexity index is 392. The molecule has 0 bridgehead atoms. The minimum atomic E-state index is -1.11. The highest BCUT2D eigenvalue weighted by molar-refractivity contribution is 6.08. The first-order valence-electron chi connectivity index (χ1n) is 5.45. The van der Waals surface area contributed by atoms with Crippen LogP contribution in [0.3, 0.4) is 0 Å². The maximum atomic E-state index is 12.0. The molecule has 92 valence electrons. The second kappa shape index (κ2) is 6.10. The number of carbonyl (C=O) groups is 2. The van der Waals surface area contributed by atoms with E-state index in [4.69, 9.17) is 10.8 Å². The summed E-state index contributed by atoms with van der Waals surface area (Å²) >= 11 is 0. The molecule has 0 radical (unpaired) electrons. The largest absolute Gasteiger partial charge is 0.481 e. The van der Waals surface area contributed by atoms with Crippen molar-refractivity contribution >= 4 is 11.8 Å². The standard InChI is InChI=1S/C12H16N2O3/c1-8(4-5-13)10(12(16)17)11(15)9-3-2-6-14-7-9/h2-3,6-8,10H,4-5,13H2,1H3,(H,16,17). The molecule has 1 heterocycles. The highest BCUT2D eigenvalue weighted by Gasteiger charge is 2.32. The van der Waals surface area contributed by atoms with E-state index in [1.807, 2.05) is 0 Å². The quantitative estimate of drug-likeness (QED) is 0.566. The third-order valence-electron chi connectivity index (χ3n) is 2.69. The van der Waals surface area contributed by atoms with Gasteiger partial charge < -0.3 is 10.8 Å². The summed E-state index contributed by atoms with van der Waals surface area (Å²) in [5.41, 5.74) is 5.71. The van der Waals surface area contributed by atoms with Gasteiger partial charge in [-0.05, 0) is 31.0 Å². The molecule has 0 saturated heterocycles. The van der Waals surface area contributed by atoms with Gasteiger partial charge in [-0.2, -0.15) is 0 Å². The summed E-state index contributed by atoms with van der Waals surface area (Å²) in [6, 6.07) is 3.18. The van der Waals surface area contributed by atoms with Crippen molar-refractivity contribution in [1.82, 2.24) is 4.98 Å². The van der Waals surface area contributed by atoms with Crippen molar-refractivity contribution in [1.29, 1.82) is 0 Å². The first kappa shape index (κ1) is 13.3. The minimum absolute atomic E-state index is 0.287. The predicted octanol–water partition coefficient (Wildman–Crippen LogP) is 0.950. The Hall–Kier alpha value is -1.75. The smallest absolute Gasteiger partial charge is 0.314 e. The molecule has 5 nitrogen and oxygen atoms in total. The fourth-order valence-electron chi connectivity index (χ4n) is 1.73. The number of aliphatic carboxylic acids is 1. The maximum absolute atomic E-state index is 12.0. The summed E-state index contributed by atoms with van der Waals surface area (Å²) in [7, 11) is 0. The number of carbonyl (C=O) groups excluding carboxylic acids is 1. The zero-order chi connectivity index (χ0) is 12.8. The molecule has 0 fully saturated rings. The number of ketones is 1. The molecule has 0 aliphatic carbocycles. The first-order valence-corrected chi connectivity index (χ1v) is 5.45. The lowest BCUT2D eigenvalue weighted by Crippen LogP contribution is -2.31. The van der Waals surface area contributed by atoms with Crippen LogP contribution >= 0.6 is 0 Å². The molecule has 3 N–H and O–H groups in total. The highest BCUT2D eigenvalue weighted by Crippen LogP contribution is 2.20. The van der Waals surface area contributed by atoms with E-state index in [1.165, 1.54) is 12.4 Å². The van der Waals surface area contributed by atoms with Crippen LogP contribution in [0.1, 0.15) is 23.7 Å². The van der Waals surface area contributed by atoms with E-state index in [0.717, 1.165) is 0 Å². The fourth-order valence-corrected chi connectivity index (χ4v) is 1.73. The van der Waals surface area contributed by atoms with Crippen molar-refractivity contribution in [2.24, 2.45) is 17.6 Å². The topological polar surface area (TPSA) is 93.3 Å². The van der Waals surface area contributed by atoms with E-state index in [2.05, 4.69) is 4.98 Å². The van der Waals surface area contributed by atoms with Gasteiger partial charge in [-0.1, -0.05) is 6.92 Å². The Balaban J connectivity index is 2.92. The lowest BCUT2D eigenvalue weighted by Gasteiger charge is -2.18. The Morgan fingerprint density at radius 1 is 1.53 bits per heavy atom. The van der Waals surface area contributed by atoms with E-state index in [1.54, 1.807) is 19.1 Å². The summed E-state index contributed by atoms with van der Waals surface area (Å²) in [5.74, 6) is -2.86. The second-order valence-electron chi connectivity index (χ2n) is 3.98. The van der Waals surface area contributed by atoms with Gasteiger partial charge in [-0.3, -0.25) is 14.6 Å². The number of aromatic nitrogens is 1.